The number of rotatable bonds is 5. The van der Waals surface area contributed by atoms with E-state index >= 15 is 0 Å². The van der Waals surface area contributed by atoms with Crippen molar-refractivity contribution in [2.45, 2.75) is 89.4 Å². The Bertz CT molecular complexity index is 896. The number of likely N-dealkylation sites (tertiary alicyclic amines) is 1. The first-order valence-electron chi connectivity index (χ1n) is 13.7. The van der Waals surface area contributed by atoms with Crippen molar-refractivity contribution in [2.75, 3.05) is 26.2 Å². The fourth-order valence-electron chi connectivity index (χ4n) is 8.83. The van der Waals surface area contributed by atoms with Crippen LogP contribution in [-0.2, 0) is 9.59 Å². The number of ketones is 2. The molecule has 3 saturated carbocycles. The number of carbonyl (C=O) groups is 2. The van der Waals surface area contributed by atoms with Gasteiger partial charge in [0.2, 0.25) is 0 Å². The Labute approximate surface area is 208 Å². The van der Waals surface area contributed by atoms with E-state index in [0.29, 0.717) is 31.7 Å². The van der Waals surface area contributed by atoms with Gasteiger partial charge in [0.15, 0.2) is 11.6 Å². The number of fused-ring (bicyclic) bond motifs is 5. The SMILES string of the molecule is C[C@]12C[C@H](O)[C@H](O)C[C@H]1C(=O)C=C1C2CC[C@]2(C)[C@@H](C(=O)CN3CCC(CCO)CC3)CC[C@@]12O. The van der Waals surface area contributed by atoms with Gasteiger partial charge in [0, 0.05) is 23.9 Å². The number of aliphatic hydroxyl groups excluding tert-OH is 3. The van der Waals surface area contributed by atoms with Crippen LogP contribution in [0.4, 0.5) is 0 Å². The topological polar surface area (TPSA) is 118 Å². The maximum absolute atomic E-state index is 13.6. The number of hydrogen-bond acceptors (Lipinski definition) is 7. The minimum Gasteiger partial charge on any atom is -0.396 e. The predicted octanol–water partition coefficient (Wildman–Crippen LogP) is 1.85. The third-order valence-electron chi connectivity index (χ3n) is 11.1. The fourth-order valence-corrected chi connectivity index (χ4v) is 8.83. The van der Waals surface area contributed by atoms with E-state index in [4.69, 9.17) is 0 Å². The van der Waals surface area contributed by atoms with Crippen molar-refractivity contribution in [3.63, 3.8) is 0 Å². The maximum atomic E-state index is 13.6. The molecule has 4 N–H and O–H groups in total. The monoisotopic (exact) mass is 489 g/mol. The summed E-state index contributed by atoms with van der Waals surface area (Å²) in [4.78, 5) is 29.1. The molecule has 0 aromatic carbocycles. The number of Topliss-reactive ketones (excluding diaryl/α,β-unsaturated/α-hetero) is 1. The average Bonchev–Trinajstić information content (AvgIpc) is 3.09. The number of piperidine rings is 1. The van der Waals surface area contributed by atoms with Crippen LogP contribution in [0.3, 0.4) is 0 Å². The van der Waals surface area contributed by atoms with Gasteiger partial charge in [-0.3, -0.25) is 14.5 Å². The van der Waals surface area contributed by atoms with Crippen LogP contribution in [0, 0.1) is 34.5 Å². The van der Waals surface area contributed by atoms with E-state index < -0.39 is 28.6 Å². The molecule has 0 aromatic heterocycles. The first kappa shape index (κ1) is 25.5. The molecular formula is C28H43NO6. The molecule has 4 fully saturated rings. The fraction of sp³-hybridized carbons (Fsp3) is 0.857. The van der Waals surface area contributed by atoms with E-state index in [2.05, 4.69) is 4.90 Å². The normalized spacial score (nSPS) is 46.5. The van der Waals surface area contributed by atoms with Crippen molar-refractivity contribution in [1.82, 2.24) is 4.90 Å². The van der Waals surface area contributed by atoms with Crippen molar-refractivity contribution in [2.24, 2.45) is 34.5 Å². The second kappa shape index (κ2) is 9.02. The van der Waals surface area contributed by atoms with Crippen molar-refractivity contribution in [3.8, 4) is 0 Å². The van der Waals surface area contributed by atoms with E-state index in [0.717, 1.165) is 50.8 Å². The van der Waals surface area contributed by atoms with Crippen LogP contribution in [-0.4, -0.2) is 80.9 Å². The smallest absolute Gasteiger partial charge is 0.159 e. The molecule has 7 heteroatoms. The third-order valence-corrected chi connectivity index (χ3v) is 11.1. The molecule has 5 rings (SSSR count). The molecular weight excluding hydrogens is 446 g/mol. The molecule has 8 atom stereocenters. The molecule has 1 heterocycles. The molecule has 4 aliphatic carbocycles. The molecule has 0 spiro atoms. The highest BCUT2D eigenvalue weighted by Gasteiger charge is 2.67. The molecule has 1 unspecified atom stereocenters. The lowest BCUT2D eigenvalue weighted by Crippen LogP contribution is -2.61. The van der Waals surface area contributed by atoms with Crippen molar-refractivity contribution >= 4 is 11.6 Å². The Morgan fingerprint density at radius 2 is 1.77 bits per heavy atom. The number of aliphatic hydroxyl groups is 4. The Morgan fingerprint density at radius 1 is 1.06 bits per heavy atom. The zero-order chi connectivity index (χ0) is 25.2. The summed E-state index contributed by atoms with van der Waals surface area (Å²) >= 11 is 0. The number of allylic oxidation sites excluding steroid dienone is 1. The average molecular weight is 490 g/mol. The van der Waals surface area contributed by atoms with Crippen molar-refractivity contribution in [3.05, 3.63) is 11.6 Å². The van der Waals surface area contributed by atoms with Gasteiger partial charge < -0.3 is 20.4 Å². The molecule has 0 aromatic rings. The Hall–Kier alpha value is -1.12. The number of nitrogens with zero attached hydrogens (tertiary/aromatic N) is 1. The van der Waals surface area contributed by atoms with Gasteiger partial charge in [-0.05, 0) is 99.8 Å². The molecule has 0 bridgehead atoms. The van der Waals surface area contributed by atoms with Crippen LogP contribution in [0.15, 0.2) is 11.6 Å². The number of carbonyl (C=O) groups excluding carboxylic acids is 2. The Kier molecular flexibility index (Phi) is 6.58. The minimum absolute atomic E-state index is 0.0233. The summed E-state index contributed by atoms with van der Waals surface area (Å²) < 4.78 is 0. The van der Waals surface area contributed by atoms with Gasteiger partial charge >= 0.3 is 0 Å². The van der Waals surface area contributed by atoms with E-state index in [-0.39, 0.29) is 42.3 Å². The highest BCUT2D eigenvalue weighted by atomic mass is 16.3. The maximum Gasteiger partial charge on any atom is 0.159 e. The van der Waals surface area contributed by atoms with E-state index in [1.165, 1.54) is 0 Å². The quantitative estimate of drug-likeness (QED) is 0.465. The zero-order valence-corrected chi connectivity index (χ0v) is 21.3. The molecule has 0 amide bonds. The largest absolute Gasteiger partial charge is 0.396 e. The van der Waals surface area contributed by atoms with Crippen LogP contribution >= 0.6 is 0 Å². The van der Waals surface area contributed by atoms with Crippen molar-refractivity contribution < 1.29 is 30.0 Å². The summed E-state index contributed by atoms with van der Waals surface area (Å²) in [6.45, 7) is 6.48. The van der Waals surface area contributed by atoms with Gasteiger partial charge in [0.1, 0.15) is 0 Å². The predicted molar refractivity (Wildman–Crippen MR) is 130 cm³/mol. The molecule has 1 aliphatic heterocycles. The lowest BCUT2D eigenvalue weighted by atomic mass is 9.46. The second-order valence-corrected chi connectivity index (χ2v) is 12.8. The van der Waals surface area contributed by atoms with Gasteiger partial charge in [-0.1, -0.05) is 13.8 Å². The van der Waals surface area contributed by atoms with Crippen LogP contribution in [0.5, 0.6) is 0 Å². The van der Waals surface area contributed by atoms with E-state index in [1.54, 1.807) is 6.08 Å². The van der Waals surface area contributed by atoms with Gasteiger partial charge in [0.25, 0.3) is 0 Å². The summed E-state index contributed by atoms with van der Waals surface area (Å²) in [6.07, 6.45) is 6.01. The van der Waals surface area contributed by atoms with Gasteiger partial charge in [-0.15, -0.1) is 0 Å². The van der Waals surface area contributed by atoms with Crippen molar-refractivity contribution in [1.29, 1.82) is 0 Å². The molecule has 1 saturated heterocycles. The minimum atomic E-state index is -1.19. The third kappa shape index (κ3) is 3.88. The van der Waals surface area contributed by atoms with E-state index in [9.17, 15) is 30.0 Å². The number of hydrogen-bond donors (Lipinski definition) is 4. The summed E-state index contributed by atoms with van der Waals surface area (Å²) in [5.74, 6) is 0.0912. The second-order valence-electron chi connectivity index (χ2n) is 12.8. The summed E-state index contributed by atoms with van der Waals surface area (Å²) in [7, 11) is 0. The highest BCUT2D eigenvalue weighted by molar-refractivity contribution is 5.95. The standard InChI is InChI=1S/C28H43NO6/c1-26-15-24(33)23(32)14-21(26)22(31)13-20-18(26)3-8-27(2)19(4-9-28(20,27)35)25(34)16-29-10-5-17(6-11-29)7-12-30/h13,17-19,21,23-24,30,32-33,35H,3-12,14-16H2,1-2H3/t18?,19-,21+,23-,24+,26-,27-,28-/m1/s1. The summed E-state index contributed by atoms with van der Waals surface area (Å²) in [5, 5.41) is 42.1. The lowest BCUT2D eigenvalue weighted by molar-refractivity contribution is -0.154. The van der Waals surface area contributed by atoms with Gasteiger partial charge in [0.05, 0.1) is 24.4 Å². The zero-order valence-electron chi connectivity index (χ0n) is 21.3. The highest BCUT2D eigenvalue weighted by Crippen LogP contribution is 2.67. The van der Waals surface area contributed by atoms with Crippen LogP contribution in [0.1, 0.15) is 71.6 Å². The summed E-state index contributed by atoms with van der Waals surface area (Å²) in [5.41, 5.74) is -1.50. The van der Waals surface area contributed by atoms with Crippen LogP contribution in [0.2, 0.25) is 0 Å². The van der Waals surface area contributed by atoms with Crippen LogP contribution in [0.25, 0.3) is 0 Å². The lowest BCUT2D eigenvalue weighted by Gasteiger charge is -2.59. The molecule has 0 radical (unpaired) electrons. The summed E-state index contributed by atoms with van der Waals surface area (Å²) in [6, 6.07) is 0. The first-order chi connectivity index (χ1) is 16.5. The van der Waals surface area contributed by atoms with Crippen LogP contribution < -0.4 is 0 Å². The van der Waals surface area contributed by atoms with Gasteiger partial charge in [-0.2, -0.15) is 0 Å². The molecule has 5 aliphatic rings. The molecule has 7 nitrogen and oxygen atoms in total. The first-order valence-corrected chi connectivity index (χ1v) is 13.7. The van der Waals surface area contributed by atoms with Gasteiger partial charge in [-0.25, -0.2) is 0 Å². The Morgan fingerprint density at radius 3 is 2.46 bits per heavy atom. The Balaban J connectivity index is 1.35. The molecule has 35 heavy (non-hydrogen) atoms. The molecule has 196 valence electrons. The van der Waals surface area contributed by atoms with E-state index in [1.807, 2.05) is 13.8 Å².